The molecule has 0 radical (unpaired) electrons. The van der Waals surface area contributed by atoms with Crippen LogP contribution in [0.5, 0.6) is 0 Å². The highest BCUT2D eigenvalue weighted by atomic mass is 79.9. The molecule has 0 spiro atoms. The van der Waals surface area contributed by atoms with Gasteiger partial charge in [-0.2, -0.15) is 0 Å². The van der Waals surface area contributed by atoms with Gasteiger partial charge in [-0.15, -0.1) is 0 Å². The highest BCUT2D eigenvalue weighted by Crippen LogP contribution is 2.36. The quantitative estimate of drug-likeness (QED) is 0.446. The van der Waals surface area contributed by atoms with Gasteiger partial charge in [0.05, 0.1) is 5.52 Å². The first kappa shape index (κ1) is 20.2. The molecule has 0 amide bonds. The second-order valence-electron chi connectivity index (χ2n) is 8.50. The molecule has 2 N–H and O–H groups in total. The van der Waals surface area contributed by atoms with E-state index in [9.17, 15) is 0 Å². The number of rotatable bonds is 5. The molecule has 2 aliphatic rings. The van der Waals surface area contributed by atoms with Gasteiger partial charge in [0.1, 0.15) is 5.82 Å². The minimum absolute atomic E-state index is 0.689. The molecule has 1 saturated heterocycles. The van der Waals surface area contributed by atoms with E-state index < -0.39 is 0 Å². The highest BCUT2D eigenvalue weighted by Gasteiger charge is 2.36. The summed E-state index contributed by atoms with van der Waals surface area (Å²) in [5.41, 5.74) is 1.86. The fourth-order valence-electron chi connectivity index (χ4n) is 5.09. The third kappa shape index (κ3) is 4.20. The molecule has 0 bridgehead atoms. The number of fused-ring (bicyclic) bond motifs is 2. The predicted molar refractivity (Wildman–Crippen MR) is 128 cm³/mol. The van der Waals surface area contributed by atoms with Gasteiger partial charge in [-0.1, -0.05) is 52.5 Å². The fraction of sp³-hybridized carbons (Fsp3) is 0.417. The van der Waals surface area contributed by atoms with E-state index in [1.165, 1.54) is 32.1 Å². The number of halogens is 2. The Hall–Kier alpha value is -1.69. The summed E-state index contributed by atoms with van der Waals surface area (Å²) in [5.74, 6) is 3.21. The van der Waals surface area contributed by atoms with Crippen LogP contribution in [-0.2, 0) is 0 Å². The molecule has 3 atom stereocenters. The average Bonchev–Trinajstić information content (AvgIpc) is 3.17. The summed E-state index contributed by atoms with van der Waals surface area (Å²) in [7, 11) is 0. The van der Waals surface area contributed by atoms with Crippen molar-refractivity contribution in [2.24, 2.45) is 11.8 Å². The van der Waals surface area contributed by atoms with E-state index in [0.717, 1.165) is 63.5 Å². The zero-order valence-corrected chi connectivity index (χ0v) is 19.2. The Morgan fingerprint density at radius 3 is 2.77 bits per heavy atom. The molecule has 5 rings (SSSR count). The Morgan fingerprint density at radius 1 is 1.07 bits per heavy atom. The van der Waals surface area contributed by atoms with E-state index in [2.05, 4.69) is 26.6 Å². The topological polar surface area (TPSA) is 49.8 Å². The first-order valence-electron chi connectivity index (χ1n) is 10.9. The number of nitrogens with zero attached hydrogens (tertiary/aromatic N) is 2. The molecule has 2 aromatic carbocycles. The lowest BCUT2D eigenvalue weighted by Gasteiger charge is -2.28. The Labute approximate surface area is 191 Å². The first-order chi connectivity index (χ1) is 14.7. The lowest BCUT2D eigenvalue weighted by Crippen LogP contribution is -2.30. The smallest absolute Gasteiger partial charge is 0.162 e. The van der Waals surface area contributed by atoms with Crippen LogP contribution in [-0.4, -0.2) is 29.1 Å². The molecular formula is C24H26BrClN4. The normalized spacial score (nSPS) is 23.5. The Bertz CT molecular complexity index is 1040. The van der Waals surface area contributed by atoms with Crippen molar-refractivity contribution in [1.29, 1.82) is 0 Å². The molecule has 1 saturated carbocycles. The number of hydrogen-bond donors (Lipinski definition) is 2. The van der Waals surface area contributed by atoms with E-state index in [4.69, 9.17) is 21.6 Å². The molecule has 1 aliphatic carbocycles. The van der Waals surface area contributed by atoms with Gasteiger partial charge in [-0.3, -0.25) is 0 Å². The molecule has 1 aromatic heterocycles. The van der Waals surface area contributed by atoms with E-state index in [-0.39, 0.29) is 0 Å². The zero-order chi connectivity index (χ0) is 20.5. The molecule has 2 fully saturated rings. The molecule has 3 unspecified atom stereocenters. The van der Waals surface area contributed by atoms with Crippen molar-refractivity contribution >= 4 is 44.3 Å². The first-order valence-corrected chi connectivity index (χ1v) is 12.0. The molecule has 4 nitrogen and oxygen atoms in total. The van der Waals surface area contributed by atoms with Crippen LogP contribution in [0.1, 0.15) is 32.1 Å². The molecule has 1 aliphatic heterocycles. The van der Waals surface area contributed by atoms with Crippen LogP contribution in [0.3, 0.4) is 0 Å². The van der Waals surface area contributed by atoms with Crippen molar-refractivity contribution < 1.29 is 0 Å². The summed E-state index contributed by atoms with van der Waals surface area (Å²) in [6.07, 6.45) is 6.67. The van der Waals surface area contributed by atoms with Crippen molar-refractivity contribution in [2.75, 3.05) is 18.4 Å². The molecule has 2 heterocycles. The van der Waals surface area contributed by atoms with Crippen molar-refractivity contribution in [3.8, 4) is 11.4 Å². The van der Waals surface area contributed by atoms with Crippen molar-refractivity contribution in [2.45, 2.75) is 38.1 Å². The molecule has 156 valence electrons. The highest BCUT2D eigenvalue weighted by molar-refractivity contribution is 9.10. The Morgan fingerprint density at radius 2 is 1.90 bits per heavy atom. The molecular weight excluding hydrogens is 460 g/mol. The maximum absolute atomic E-state index is 6.25. The lowest BCUT2D eigenvalue weighted by atomic mass is 9.79. The van der Waals surface area contributed by atoms with E-state index in [1.54, 1.807) is 0 Å². The Balaban J connectivity index is 1.38. The van der Waals surface area contributed by atoms with Crippen molar-refractivity contribution in [1.82, 2.24) is 15.3 Å². The van der Waals surface area contributed by atoms with Crippen LogP contribution in [0.2, 0.25) is 5.02 Å². The third-order valence-corrected chi connectivity index (χ3v) is 7.40. The van der Waals surface area contributed by atoms with Crippen LogP contribution in [0.15, 0.2) is 46.9 Å². The van der Waals surface area contributed by atoms with Crippen molar-refractivity contribution in [3.63, 3.8) is 0 Å². The van der Waals surface area contributed by atoms with Gasteiger partial charge in [0.2, 0.25) is 0 Å². The number of aromatic nitrogens is 2. The maximum atomic E-state index is 6.25. The Kier molecular flexibility index (Phi) is 5.94. The van der Waals surface area contributed by atoms with Crippen LogP contribution in [0.25, 0.3) is 22.3 Å². The molecule has 3 aromatic rings. The summed E-state index contributed by atoms with van der Waals surface area (Å²) in [4.78, 5) is 9.66. The van der Waals surface area contributed by atoms with Gasteiger partial charge in [0.25, 0.3) is 0 Å². The van der Waals surface area contributed by atoms with E-state index >= 15 is 0 Å². The number of hydrogen-bond acceptors (Lipinski definition) is 4. The molecule has 30 heavy (non-hydrogen) atoms. The minimum atomic E-state index is 0.689. The number of benzene rings is 2. The summed E-state index contributed by atoms with van der Waals surface area (Å²) in [6.45, 7) is 2.07. The molecule has 6 heteroatoms. The van der Waals surface area contributed by atoms with Crippen LogP contribution in [0, 0.1) is 11.8 Å². The van der Waals surface area contributed by atoms with E-state index in [1.807, 2.05) is 42.5 Å². The average molecular weight is 486 g/mol. The van der Waals surface area contributed by atoms with E-state index in [0.29, 0.717) is 5.02 Å². The minimum Gasteiger partial charge on any atom is -0.369 e. The van der Waals surface area contributed by atoms with Crippen LogP contribution in [0.4, 0.5) is 5.82 Å². The van der Waals surface area contributed by atoms with Gasteiger partial charge >= 0.3 is 0 Å². The predicted octanol–water partition coefficient (Wildman–Crippen LogP) is 6.29. The zero-order valence-electron chi connectivity index (χ0n) is 16.9. The van der Waals surface area contributed by atoms with Gasteiger partial charge in [-0.25, -0.2) is 9.97 Å². The third-order valence-electron chi connectivity index (χ3n) is 6.64. The largest absolute Gasteiger partial charge is 0.369 e. The second kappa shape index (κ2) is 8.81. The monoisotopic (exact) mass is 484 g/mol. The number of nitrogens with one attached hydrogen (secondary N) is 2. The summed E-state index contributed by atoms with van der Waals surface area (Å²) in [6, 6.07) is 14.7. The van der Waals surface area contributed by atoms with Gasteiger partial charge in [-0.05, 0) is 68.0 Å². The summed E-state index contributed by atoms with van der Waals surface area (Å²) < 4.78 is 1.04. The maximum Gasteiger partial charge on any atom is 0.162 e. The standard InChI is InChI=1S/C24H26BrClN4/c25-17-7-5-15(6-8-17)23-29-22-13-18(26)9-10-20(22)24(30-23)27-12-11-16-14-28-21-4-2-1-3-19(16)21/h5-10,13,16,19,21,28H,1-4,11-12,14H2,(H,27,29,30). The summed E-state index contributed by atoms with van der Waals surface area (Å²) >= 11 is 9.75. The fourth-order valence-corrected chi connectivity index (χ4v) is 5.52. The number of anilines is 1. The summed E-state index contributed by atoms with van der Waals surface area (Å²) in [5, 5.41) is 9.08. The second-order valence-corrected chi connectivity index (χ2v) is 9.85. The lowest BCUT2D eigenvalue weighted by molar-refractivity contribution is 0.268. The SMILES string of the molecule is Clc1ccc2c(NCCC3CNC4CCCCC34)nc(-c3ccc(Br)cc3)nc2c1. The van der Waals surface area contributed by atoms with Gasteiger partial charge < -0.3 is 10.6 Å². The van der Waals surface area contributed by atoms with Crippen LogP contribution < -0.4 is 10.6 Å². The van der Waals surface area contributed by atoms with Gasteiger partial charge in [0.15, 0.2) is 5.82 Å². The van der Waals surface area contributed by atoms with Gasteiger partial charge in [0, 0.05) is 33.0 Å². The van der Waals surface area contributed by atoms with Crippen molar-refractivity contribution in [3.05, 3.63) is 52.0 Å². The van der Waals surface area contributed by atoms with Crippen LogP contribution >= 0.6 is 27.5 Å².